The summed E-state index contributed by atoms with van der Waals surface area (Å²) in [6.07, 6.45) is 1.91. The molecule has 2 aromatic rings. The Morgan fingerprint density at radius 2 is 2.11 bits per heavy atom. The smallest absolute Gasteiger partial charge is 0.127 e. The van der Waals surface area contributed by atoms with Gasteiger partial charge in [-0.3, -0.25) is 5.01 Å². The van der Waals surface area contributed by atoms with Crippen molar-refractivity contribution in [2.24, 2.45) is 0 Å². The van der Waals surface area contributed by atoms with E-state index in [2.05, 4.69) is 16.5 Å². The summed E-state index contributed by atoms with van der Waals surface area (Å²) in [4.78, 5) is 5.58. The Bertz CT molecular complexity index is 525. The Morgan fingerprint density at radius 3 is 2.84 bits per heavy atom. The molecule has 0 saturated carbocycles. The molecular formula is C14H19N3OS. The molecule has 0 amide bonds. The van der Waals surface area contributed by atoms with Gasteiger partial charge in [-0.2, -0.15) is 0 Å². The number of hydrogen-bond donors (Lipinski definition) is 1. The number of hydrazine groups is 1. The van der Waals surface area contributed by atoms with E-state index in [4.69, 9.17) is 4.74 Å². The molecule has 0 aliphatic heterocycles. The van der Waals surface area contributed by atoms with Crippen molar-refractivity contribution in [1.82, 2.24) is 15.4 Å². The Hall–Kier alpha value is -1.43. The van der Waals surface area contributed by atoms with E-state index in [0.29, 0.717) is 6.61 Å². The lowest BCUT2D eigenvalue weighted by molar-refractivity contribution is 0.286. The molecule has 0 radical (unpaired) electrons. The first-order valence-electron chi connectivity index (χ1n) is 6.28. The van der Waals surface area contributed by atoms with E-state index in [0.717, 1.165) is 27.7 Å². The van der Waals surface area contributed by atoms with Crippen LogP contribution in [0.2, 0.25) is 0 Å². The number of rotatable bonds is 6. The Balaban J connectivity index is 2.18. The van der Waals surface area contributed by atoms with Crippen LogP contribution in [0, 0.1) is 0 Å². The summed E-state index contributed by atoms with van der Waals surface area (Å²) in [5.41, 5.74) is 4.33. The summed E-state index contributed by atoms with van der Waals surface area (Å²) in [5.74, 6) is 0.917. The molecule has 0 atom stereocenters. The molecule has 102 valence electrons. The maximum Gasteiger partial charge on any atom is 0.127 e. The fourth-order valence-corrected chi connectivity index (χ4v) is 2.57. The molecule has 0 bridgehead atoms. The van der Waals surface area contributed by atoms with Gasteiger partial charge < -0.3 is 4.74 Å². The average molecular weight is 277 g/mol. The van der Waals surface area contributed by atoms with Crippen LogP contribution in [0.4, 0.5) is 0 Å². The van der Waals surface area contributed by atoms with E-state index in [-0.39, 0.29) is 0 Å². The third-order valence-electron chi connectivity index (χ3n) is 2.55. The normalized spacial score (nSPS) is 10.9. The van der Waals surface area contributed by atoms with Gasteiger partial charge in [0.1, 0.15) is 10.8 Å². The molecular weight excluding hydrogens is 258 g/mol. The first-order chi connectivity index (χ1) is 9.20. The summed E-state index contributed by atoms with van der Waals surface area (Å²) in [5, 5.41) is 2.99. The Kier molecular flexibility index (Phi) is 4.90. The van der Waals surface area contributed by atoms with Gasteiger partial charge in [0.05, 0.1) is 18.0 Å². The number of nitrogens with zero attached hydrogens (tertiary/aromatic N) is 2. The maximum absolute atomic E-state index is 5.65. The van der Waals surface area contributed by atoms with Crippen molar-refractivity contribution in [1.29, 1.82) is 0 Å². The zero-order valence-electron chi connectivity index (χ0n) is 11.5. The van der Waals surface area contributed by atoms with E-state index in [1.54, 1.807) is 11.3 Å². The van der Waals surface area contributed by atoms with Crippen molar-refractivity contribution in [2.45, 2.75) is 13.5 Å². The molecule has 1 N–H and O–H groups in total. The van der Waals surface area contributed by atoms with Crippen LogP contribution in [0.1, 0.15) is 11.9 Å². The highest BCUT2D eigenvalue weighted by Gasteiger charge is 2.09. The molecule has 1 aromatic heterocycles. The minimum absolute atomic E-state index is 0.671. The molecule has 1 heterocycles. The minimum Gasteiger partial charge on any atom is -0.493 e. The van der Waals surface area contributed by atoms with Crippen LogP contribution < -0.4 is 10.2 Å². The predicted octanol–water partition coefficient (Wildman–Crippen LogP) is 2.78. The van der Waals surface area contributed by atoms with Crippen molar-refractivity contribution in [2.75, 3.05) is 20.7 Å². The van der Waals surface area contributed by atoms with Gasteiger partial charge in [-0.1, -0.05) is 12.1 Å². The van der Waals surface area contributed by atoms with Crippen molar-refractivity contribution < 1.29 is 4.74 Å². The fourth-order valence-electron chi connectivity index (χ4n) is 1.69. The van der Waals surface area contributed by atoms with Crippen LogP contribution in [0.25, 0.3) is 10.4 Å². The zero-order valence-corrected chi connectivity index (χ0v) is 12.3. The van der Waals surface area contributed by atoms with Crippen molar-refractivity contribution in [3.05, 3.63) is 35.5 Å². The molecule has 19 heavy (non-hydrogen) atoms. The lowest BCUT2D eigenvalue weighted by atomic mass is 10.2. The van der Waals surface area contributed by atoms with Gasteiger partial charge in [-0.25, -0.2) is 10.4 Å². The van der Waals surface area contributed by atoms with Gasteiger partial charge >= 0.3 is 0 Å². The second kappa shape index (κ2) is 6.65. The second-order valence-corrected chi connectivity index (χ2v) is 5.39. The SMILES string of the molecule is CCOc1ccccc1-c1cnc(CNN(C)C)s1. The lowest BCUT2D eigenvalue weighted by Crippen LogP contribution is -2.29. The first kappa shape index (κ1) is 14.0. The standard InChI is InChI=1S/C14H19N3OS/c1-4-18-12-8-6-5-7-11(12)13-9-15-14(19-13)10-16-17(2)3/h5-9,16H,4,10H2,1-3H3. The van der Waals surface area contributed by atoms with E-state index in [1.165, 1.54) is 0 Å². The van der Waals surface area contributed by atoms with E-state index < -0.39 is 0 Å². The summed E-state index contributed by atoms with van der Waals surface area (Å²) in [7, 11) is 3.94. The number of hydrogen-bond acceptors (Lipinski definition) is 5. The molecule has 5 heteroatoms. The zero-order chi connectivity index (χ0) is 13.7. The first-order valence-corrected chi connectivity index (χ1v) is 7.10. The molecule has 0 aliphatic rings. The van der Waals surface area contributed by atoms with Crippen LogP contribution >= 0.6 is 11.3 Å². The van der Waals surface area contributed by atoms with Crippen LogP contribution in [0.5, 0.6) is 5.75 Å². The van der Waals surface area contributed by atoms with Crippen molar-refractivity contribution in [3.63, 3.8) is 0 Å². The van der Waals surface area contributed by atoms with E-state index in [1.807, 2.05) is 50.4 Å². The number of thiazole rings is 1. The molecule has 0 unspecified atom stereocenters. The molecule has 4 nitrogen and oxygen atoms in total. The van der Waals surface area contributed by atoms with Gasteiger partial charge in [0.2, 0.25) is 0 Å². The quantitative estimate of drug-likeness (QED) is 0.824. The van der Waals surface area contributed by atoms with Crippen molar-refractivity contribution >= 4 is 11.3 Å². The van der Waals surface area contributed by atoms with Gasteiger partial charge in [0.15, 0.2) is 0 Å². The number of nitrogens with one attached hydrogen (secondary N) is 1. The third kappa shape index (κ3) is 3.76. The van der Waals surface area contributed by atoms with Crippen molar-refractivity contribution in [3.8, 4) is 16.2 Å². The van der Waals surface area contributed by atoms with Crippen LogP contribution in [-0.4, -0.2) is 30.7 Å². The molecule has 0 aliphatic carbocycles. The summed E-state index contributed by atoms with van der Waals surface area (Å²) < 4.78 is 5.65. The van der Waals surface area contributed by atoms with Gasteiger partial charge in [0, 0.05) is 25.9 Å². The summed E-state index contributed by atoms with van der Waals surface area (Å²) in [6, 6.07) is 8.08. The summed E-state index contributed by atoms with van der Waals surface area (Å²) in [6.45, 7) is 3.41. The predicted molar refractivity (Wildman–Crippen MR) is 79.2 cm³/mol. The fraction of sp³-hybridized carbons (Fsp3) is 0.357. The third-order valence-corrected chi connectivity index (χ3v) is 3.58. The molecule has 0 fully saturated rings. The van der Waals surface area contributed by atoms with E-state index >= 15 is 0 Å². The van der Waals surface area contributed by atoms with Crippen LogP contribution in [0.3, 0.4) is 0 Å². The monoisotopic (exact) mass is 277 g/mol. The number of aromatic nitrogens is 1. The highest BCUT2D eigenvalue weighted by Crippen LogP contribution is 2.33. The number of ether oxygens (including phenoxy) is 1. The van der Waals surface area contributed by atoms with Gasteiger partial charge in [0.25, 0.3) is 0 Å². The number of para-hydroxylation sites is 1. The van der Waals surface area contributed by atoms with Gasteiger partial charge in [-0.15, -0.1) is 11.3 Å². The molecule has 2 rings (SSSR count). The minimum atomic E-state index is 0.671. The van der Waals surface area contributed by atoms with Gasteiger partial charge in [-0.05, 0) is 19.1 Å². The average Bonchev–Trinajstić information content (AvgIpc) is 2.86. The van der Waals surface area contributed by atoms with E-state index in [9.17, 15) is 0 Å². The lowest BCUT2D eigenvalue weighted by Gasteiger charge is -2.09. The maximum atomic E-state index is 5.65. The summed E-state index contributed by atoms with van der Waals surface area (Å²) >= 11 is 1.69. The van der Waals surface area contributed by atoms with Crippen LogP contribution in [-0.2, 0) is 6.54 Å². The number of benzene rings is 1. The largest absolute Gasteiger partial charge is 0.493 e. The highest BCUT2D eigenvalue weighted by atomic mass is 32.1. The molecule has 0 saturated heterocycles. The van der Waals surface area contributed by atoms with Crippen LogP contribution in [0.15, 0.2) is 30.5 Å². The topological polar surface area (TPSA) is 37.4 Å². The Morgan fingerprint density at radius 1 is 1.32 bits per heavy atom. The molecule has 0 spiro atoms. The highest BCUT2D eigenvalue weighted by molar-refractivity contribution is 7.15. The Labute approximate surface area is 118 Å². The molecule has 1 aromatic carbocycles. The second-order valence-electron chi connectivity index (χ2n) is 4.28.